The van der Waals surface area contributed by atoms with Crippen LogP contribution in [0.15, 0.2) is 53.5 Å². The Morgan fingerprint density at radius 1 is 1.21 bits per heavy atom. The van der Waals surface area contributed by atoms with Gasteiger partial charge in [-0.05, 0) is 29.7 Å². The molecule has 1 unspecified atom stereocenters. The van der Waals surface area contributed by atoms with E-state index in [9.17, 15) is 5.11 Å². The van der Waals surface area contributed by atoms with E-state index in [0.717, 1.165) is 41.2 Å². The Bertz CT molecular complexity index is 897. The number of ether oxygens (including phenoxy) is 1. The Kier molecular flexibility index (Phi) is 3.82. The summed E-state index contributed by atoms with van der Waals surface area (Å²) in [6.45, 7) is 0.767. The topological polar surface area (TPSA) is 57.6 Å². The van der Waals surface area contributed by atoms with Crippen molar-refractivity contribution in [1.82, 2.24) is 4.98 Å². The summed E-state index contributed by atoms with van der Waals surface area (Å²) in [6, 6.07) is 15.8. The molecule has 4 rings (SSSR count). The van der Waals surface area contributed by atoms with Gasteiger partial charge in [0.15, 0.2) is 0 Å². The first-order valence-corrected chi connectivity index (χ1v) is 8.21. The van der Waals surface area contributed by atoms with Gasteiger partial charge in [0.05, 0.1) is 24.6 Å². The highest BCUT2D eigenvalue weighted by atomic mass is 16.5. The van der Waals surface area contributed by atoms with Gasteiger partial charge in [-0.15, -0.1) is 0 Å². The smallest absolute Gasteiger partial charge is 0.120 e. The van der Waals surface area contributed by atoms with Crippen LogP contribution in [0.5, 0.6) is 5.75 Å². The van der Waals surface area contributed by atoms with Gasteiger partial charge in [0.25, 0.3) is 0 Å². The number of aliphatic hydroxyl groups excluding tert-OH is 1. The molecule has 1 aliphatic rings. The second-order valence-electron chi connectivity index (χ2n) is 6.10. The lowest BCUT2D eigenvalue weighted by molar-refractivity contribution is 0.186. The minimum absolute atomic E-state index is 0.515. The monoisotopic (exact) mass is 320 g/mol. The van der Waals surface area contributed by atoms with Crippen LogP contribution in [0.1, 0.15) is 29.3 Å². The molecule has 0 bridgehead atoms. The van der Waals surface area contributed by atoms with Crippen molar-refractivity contribution in [2.75, 3.05) is 13.7 Å². The van der Waals surface area contributed by atoms with Gasteiger partial charge < -0.3 is 14.8 Å². The molecule has 122 valence electrons. The zero-order chi connectivity index (χ0) is 16.5. The SMILES string of the molecule is COc1ccc2c3c([nH]c2c1)C(CC(O)c1ccccc1)=NCC3. The molecule has 0 amide bonds. The number of aliphatic imine (C=N–C) groups is 1. The van der Waals surface area contributed by atoms with Crippen LogP contribution >= 0.6 is 0 Å². The van der Waals surface area contributed by atoms with Gasteiger partial charge in [-0.25, -0.2) is 0 Å². The molecule has 3 aromatic rings. The maximum absolute atomic E-state index is 10.5. The van der Waals surface area contributed by atoms with Crippen LogP contribution < -0.4 is 4.74 Å². The molecular weight excluding hydrogens is 300 g/mol. The number of H-pyrrole nitrogens is 1. The zero-order valence-corrected chi connectivity index (χ0v) is 13.6. The van der Waals surface area contributed by atoms with Gasteiger partial charge >= 0.3 is 0 Å². The lowest BCUT2D eigenvalue weighted by Gasteiger charge is -2.17. The molecule has 0 saturated heterocycles. The Hall–Kier alpha value is -2.59. The van der Waals surface area contributed by atoms with Gasteiger partial charge in [-0.3, -0.25) is 4.99 Å². The van der Waals surface area contributed by atoms with Crippen LogP contribution in [0.3, 0.4) is 0 Å². The highest BCUT2D eigenvalue weighted by Crippen LogP contribution is 2.31. The normalized spacial score (nSPS) is 15.0. The molecule has 0 saturated carbocycles. The number of nitrogens with one attached hydrogen (secondary N) is 1. The number of nitrogens with zero attached hydrogens (tertiary/aromatic N) is 1. The summed E-state index contributed by atoms with van der Waals surface area (Å²) in [7, 11) is 1.67. The number of benzene rings is 2. The van der Waals surface area contributed by atoms with E-state index < -0.39 is 6.10 Å². The highest BCUT2D eigenvalue weighted by molar-refractivity contribution is 6.06. The predicted octanol–water partition coefficient (Wildman–Crippen LogP) is 3.65. The summed E-state index contributed by atoms with van der Waals surface area (Å²) in [5, 5.41) is 11.8. The molecule has 2 N–H and O–H groups in total. The first kappa shape index (κ1) is 15.0. The van der Waals surface area contributed by atoms with Crippen LogP contribution in [0.2, 0.25) is 0 Å². The van der Waals surface area contributed by atoms with Crippen molar-refractivity contribution >= 4 is 16.6 Å². The van der Waals surface area contributed by atoms with Crippen molar-refractivity contribution in [3.05, 3.63) is 65.4 Å². The summed E-state index contributed by atoms with van der Waals surface area (Å²) in [5.41, 5.74) is 5.27. The lowest BCUT2D eigenvalue weighted by Crippen LogP contribution is -2.15. The Balaban J connectivity index is 1.68. The maximum atomic E-state index is 10.5. The van der Waals surface area contributed by atoms with Gasteiger partial charge in [0.1, 0.15) is 5.75 Å². The van der Waals surface area contributed by atoms with Gasteiger partial charge in [-0.1, -0.05) is 30.3 Å². The largest absolute Gasteiger partial charge is 0.497 e. The van der Waals surface area contributed by atoms with E-state index in [0.29, 0.717) is 6.42 Å². The molecule has 1 aromatic heterocycles. The second kappa shape index (κ2) is 6.13. The standard InChI is InChI=1S/C20H20N2O2/c1-24-14-7-8-15-16-9-10-21-18(20(16)22-17(15)11-14)12-19(23)13-5-3-2-4-6-13/h2-8,11,19,22-23H,9-10,12H2,1H3. The van der Waals surface area contributed by atoms with E-state index in [-0.39, 0.29) is 0 Å². The van der Waals surface area contributed by atoms with Crippen molar-refractivity contribution in [2.24, 2.45) is 4.99 Å². The summed E-state index contributed by atoms with van der Waals surface area (Å²) in [6.07, 6.45) is 0.893. The number of rotatable bonds is 4. The second-order valence-corrected chi connectivity index (χ2v) is 6.10. The molecule has 4 heteroatoms. The maximum Gasteiger partial charge on any atom is 0.120 e. The number of hydrogen-bond acceptors (Lipinski definition) is 3. The molecule has 0 aliphatic carbocycles. The minimum Gasteiger partial charge on any atom is -0.497 e. The molecule has 0 fully saturated rings. The van der Waals surface area contributed by atoms with Crippen LogP contribution in [0.25, 0.3) is 10.9 Å². The minimum atomic E-state index is -0.545. The fourth-order valence-electron chi connectivity index (χ4n) is 3.39. The molecule has 2 heterocycles. The average Bonchev–Trinajstić information content (AvgIpc) is 3.01. The van der Waals surface area contributed by atoms with E-state index in [1.807, 2.05) is 42.5 Å². The van der Waals surface area contributed by atoms with Crippen molar-refractivity contribution in [2.45, 2.75) is 18.9 Å². The first-order valence-electron chi connectivity index (χ1n) is 8.21. The van der Waals surface area contributed by atoms with Crippen LogP contribution in [0, 0.1) is 0 Å². The van der Waals surface area contributed by atoms with Crippen LogP contribution in [-0.2, 0) is 6.42 Å². The van der Waals surface area contributed by atoms with E-state index in [2.05, 4.69) is 16.0 Å². The third-order valence-electron chi connectivity index (χ3n) is 4.64. The van der Waals surface area contributed by atoms with Crippen molar-refractivity contribution in [3.8, 4) is 5.75 Å². The van der Waals surface area contributed by atoms with E-state index in [4.69, 9.17) is 4.74 Å². The van der Waals surface area contributed by atoms with Crippen molar-refractivity contribution in [1.29, 1.82) is 0 Å². The zero-order valence-electron chi connectivity index (χ0n) is 13.6. The Labute approximate surface area is 140 Å². The van der Waals surface area contributed by atoms with E-state index in [1.165, 1.54) is 10.9 Å². The third kappa shape index (κ3) is 2.59. The lowest BCUT2D eigenvalue weighted by atomic mass is 9.96. The van der Waals surface area contributed by atoms with Crippen molar-refractivity contribution < 1.29 is 9.84 Å². The van der Waals surface area contributed by atoms with Gasteiger partial charge in [0.2, 0.25) is 0 Å². The average molecular weight is 320 g/mol. The fraction of sp³-hybridized carbons (Fsp3) is 0.250. The number of aromatic amines is 1. The number of methoxy groups -OCH3 is 1. The van der Waals surface area contributed by atoms with Gasteiger partial charge in [-0.2, -0.15) is 0 Å². The molecule has 0 spiro atoms. The highest BCUT2D eigenvalue weighted by Gasteiger charge is 2.22. The summed E-state index contributed by atoms with van der Waals surface area (Å²) in [5.74, 6) is 0.837. The molecule has 0 radical (unpaired) electrons. The fourth-order valence-corrected chi connectivity index (χ4v) is 3.39. The molecular formula is C20H20N2O2. The summed E-state index contributed by atoms with van der Waals surface area (Å²) >= 11 is 0. The number of aromatic nitrogens is 1. The number of hydrogen-bond donors (Lipinski definition) is 2. The van der Waals surface area contributed by atoms with Crippen molar-refractivity contribution in [3.63, 3.8) is 0 Å². The van der Waals surface area contributed by atoms with E-state index in [1.54, 1.807) is 7.11 Å². The van der Waals surface area contributed by atoms with Gasteiger partial charge in [0, 0.05) is 29.9 Å². The third-order valence-corrected chi connectivity index (χ3v) is 4.64. The quantitative estimate of drug-likeness (QED) is 0.771. The Morgan fingerprint density at radius 3 is 2.83 bits per heavy atom. The predicted molar refractivity (Wildman–Crippen MR) is 96.0 cm³/mol. The summed E-state index contributed by atoms with van der Waals surface area (Å²) in [4.78, 5) is 8.14. The molecule has 1 atom stereocenters. The number of aliphatic hydroxyl groups is 1. The van der Waals surface area contributed by atoms with Crippen LogP contribution in [0.4, 0.5) is 0 Å². The Morgan fingerprint density at radius 2 is 2.04 bits per heavy atom. The summed E-state index contributed by atoms with van der Waals surface area (Å²) < 4.78 is 5.31. The molecule has 2 aromatic carbocycles. The molecule has 24 heavy (non-hydrogen) atoms. The van der Waals surface area contributed by atoms with E-state index >= 15 is 0 Å². The molecule has 4 nitrogen and oxygen atoms in total. The molecule has 1 aliphatic heterocycles. The first-order chi connectivity index (χ1) is 11.8. The number of fused-ring (bicyclic) bond motifs is 3. The van der Waals surface area contributed by atoms with Crippen LogP contribution in [-0.4, -0.2) is 29.5 Å².